The number of carbonyl (C=O) groups excluding carboxylic acids is 4. The number of benzene rings is 3. The van der Waals surface area contributed by atoms with E-state index in [2.05, 4.69) is 5.10 Å². The first-order valence-electron chi connectivity index (χ1n) is 14.0. The summed E-state index contributed by atoms with van der Waals surface area (Å²) < 4.78 is 0. The quantitative estimate of drug-likeness (QED) is 0.0750. The molecule has 1 fully saturated rings. The van der Waals surface area contributed by atoms with Gasteiger partial charge in [0.1, 0.15) is 5.54 Å². The molecular formula is C32H32N6O8. The first-order valence-corrected chi connectivity index (χ1v) is 14.0. The molecule has 0 saturated carbocycles. The molecule has 4 amide bonds. The standard InChI is InChI=1S/C32H32N6O8/c1-20(39)32(29(44)45,37(24-11-7-4-8-12-24)27(42)25(33)17-26(40)41)38-28(43)31(2,23-15-13-21(14-16-23)18-35-34)36(30(38)46)19-22-9-5-3-6-10-22/h3-16,18,25H,17,19,33-34H2,1-2H3,(H,40,41)(H,44,45)/t25-,31+,32-/m0/s1. The van der Waals surface area contributed by atoms with E-state index in [-0.39, 0.29) is 22.7 Å². The summed E-state index contributed by atoms with van der Waals surface area (Å²) in [4.78, 5) is 83.8. The number of carbonyl (C=O) groups is 6. The highest BCUT2D eigenvalue weighted by molar-refractivity contribution is 6.24. The van der Waals surface area contributed by atoms with E-state index in [0.29, 0.717) is 16.0 Å². The van der Waals surface area contributed by atoms with E-state index in [9.17, 15) is 39.0 Å². The number of urea groups is 1. The molecule has 3 aromatic rings. The lowest BCUT2D eigenvalue weighted by Gasteiger charge is -2.43. The number of Topliss-reactive ketones (excluding diaryl/α,β-unsaturated/α-hetero) is 1. The molecule has 0 radical (unpaired) electrons. The molecule has 0 spiro atoms. The largest absolute Gasteiger partial charge is 0.481 e. The Labute approximate surface area is 263 Å². The molecule has 3 aromatic carbocycles. The third kappa shape index (κ3) is 5.57. The fourth-order valence-electron chi connectivity index (χ4n) is 5.52. The third-order valence-electron chi connectivity index (χ3n) is 7.84. The van der Waals surface area contributed by atoms with E-state index in [0.717, 1.165) is 11.8 Å². The minimum atomic E-state index is -3.32. The van der Waals surface area contributed by atoms with Crippen LogP contribution in [0, 0.1) is 0 Å². The van der Waals surface area contributed by atoms with Gasteiger partial charge in [0.2, 0.25) is 5.91 Å². The van der Waals surface area contributed by atoms with Gasteiger partial charge in [-0.2, -0.15) is 5.10 Å². The average Bonchev–Trinajstić information content (AvgIpc) is 3.21. The van der Waals surface area contributed by atoms with Crippen LogP contribution in [0.2, 0.25) is 0 Å². The van der Waals surface area contributed by atoms with E-state index in [4.69, 9.17) is 11.6 Å². The highest BCUT2D eigenvalue weighted by Gasteiger charge is 2.69. The van der Waals surface area contributed by atoms with Gasteiger partial charge in [0.25, 0.3) is 11.6 Å². The van der Waals surface area contributed by atoms with Crippen LogP contribution >= 0.6 is 0 Å². The van der Waals surface area contributed by atoms with E-state index in [1.54, 1.807) is 48.5 Å². The number of ketones is 1. The summed E-state index contributed by atoms with van der Waals surface area (Å²) in [6, 6.07) is 18.7. The van der Waals surface area contributed by atoms with Gasteiger partial charge in [-0.05, 0) is 42.7 Å². The molecule has 6 N–H and O–H groups in total. The van der Waals surface area contributed by atoms with Crippen molar-refractivity contribution in [2.24, 2.45) is 16.7 Å². The first kappa shape index (κ1) is 33.0. The molecule has 3 atom stereocenters. The van der Waals surface area contributed by atoms with E-state index < -0.39 is 59.2 Å². The highest BCUT2D eigenvalue weighted by atomic mass is 16.4. The van der Waals surface area contributed by atoms with Crippen molar-refractivity contribution in [1.29, 1.82) is 0 Å². The number of imide groups is 1. The molecule has 0 aromatic heterocycles. The molecule has 1 heterocycles. The Bertz CT molecular complexity index is 1680. The number of hydrazone groups is 1. The second-order valence-corrected chi connectivity index (χ2v) is 10.7. The Morgan fingerprint density at radius 3 is 2.02 bits per heavy atom. The van der Waals surface area contributed by atoms with Gasteiger partial charge in [0.05, 0.1) is 18.7 Å². The molecule has 46 heavy (non-hydrogen) atoms. The molecule has 1 aliphatic rings. The summed E-state index contributed by atoms with van der Waals surface area (Å²) in [5, 5.41) is 23.7. The molecular weight excluding hydrogens is 596 g/mol. The molecule has 14 nitrogen and oxygen atoms in total. The predicted molar refractivity (Wildman–Crippen MR) is 165 cm³/mol. The Kier molecular flexibility index (Phi) is 9.33. The van der Waals surface area contributed by atoms with Gasteiger partial charge in [-0.25, -0.2) is 14.5 Å². The predicted octanol–water partition coefficient (Wildman–Crippen LogP) is 1.86. The molecule has 1 aliphatic heterocycles. The fraction of sp³-hybridized carbons (Fsp3) is 0.219. The summed E-state index contributed by atoms with van der Waals surface area (Å²) in [6.07, 6.45) is 0.421. The summed E-state index contributed by atoms with van der Waals surface area (Å²) in [7, 11) is 0. The number of hydrogen-bond donors (Lipinski definition) is 4. The van der Waals surface area contributed by atoms with Crippen molar-refractivity contribution in [1.82, 2.24) is 9.80 Å². The molecule has 238 valence electrons. The SMILES string of the molecule is CC(=O)[C@@](C(=O)O)(N1C(=O)N(Cc2ccccc2)[C@](C)(c2ccc(C=NN)cc2)C1=O)N(C(=O)[C@@H](N)CC(=O)O)c1ccccc1. The zero-order valence-electron chi connectivity index (χ0n) is 24.9. The smallest absolute Gasteiger partial charge is 0.360 e. The van der Waals surface area contributed by atoms with Crippen molar-refractivity contribution in [3.8, 4) is 0 Å². The lowest BCUT2D eigenvalue weighted by atomic mass is 9.88. The van der Waals surface area contributed by atoms with Gasteiger partial charge >= 0.3 is 18.0 Å². The second-order valence-electron chi connectivity index (χ2n) is 10.7. The van der Waals surface area contributed by atoms with Crippen LogP contribution in [0.15, 0.2) is 90.0 Å². The number of rotatable bonds is 12. The average molecular weight is 629 g/mol. The number of nitrogens with two attached hydrogens (primary N) is 2. The number of hydrogen-bond acceptors (Lipinski definition) is 9. The van der Waals surface area contributed by atoms with Crippen LogP contribution < -0.4 is 16.5 Å². The number of carboxylic acids is 2. The zero-order chi connectivity index (χ0) is 33.8. The van der Waals surface area contributed by atoms with Gasteiger partial charge in [-0.3, -0.25) is 24.1 Å². The maximum absolute atomic E-state index is 14.7. The van der Waals surface area contributed by atoms with Crippen molar-refractivity contribution in [3.05, 3.63) is 102 Å². The van der Waals surface area contributed by atoms with Crippen LogP contribution in [0.4, 0.5) is 10.5 Å². The molecule has 14 heteroatoms. The number of amides is 4. The van der Waals surface area contributed by atoms with Crippen LogP contribution in [0.5, 0.6) is 0 Å². The van der Waals surface area contributed by atoms with E-state index in [1.165, 1.54) is 49.5 Å². The lowest BCUT2D eigenvalue weighted by molar-refractivity contribution is -0.162. The second kappa shape index (κ2) is 13.0. The molecule has 4 rings (SSSR count). The van der Waals surface area contributed by atoms with Gasteiger partial charge in [0, 0.05) is 12.2 Å². The number of nitrogens with zero attached hydrogens (tertiary/aromatic N) is 4. The van der Waals surface area contributed by atoms with Gasteiger partial charge in [0.15, 0.2) is 5.78 Å². The van der Waals surface area contributed by atoms with Crippen LogP contribution in [0.25, 0.3) is 0 Å². The normalized spacial score (nSPS) is 18.3. The van der Waals surface area contributed by atoms with Crippen molar-refractivity contribution >= 4 is 47.5 Å². The van der Waals surface area contributed by atoms with Crippen molar-refractivity contribution < 1.29 is 39.0 Å². The lowest BCUT2D eigenvalue weighted by Crippen LogP contribution is -2.74. The molecule has 1 saturated heterocycles. The minimum Gasteiger partial charge on any atom is -0.481 e. The number of anilines is 1. The summed E-state index contributed by atoms with van der Waals surface area (Å²) in [5.41, 5.74) is 1.88. The summed E-state index contributed by atoms with van der Waals surface area (Å²) >= 11 is 0. The van der Waals surface area contributed by atoms with Gasteiger partial charge in [-0.1, -0.05) is 72.8 Å². The van der Waals surface area contributed by atoms with Crippen molar-refractivity contribution in [2.75, 3.05) is 4.90 Å². The Balaban J connectivity index is 2.02. The Morgan fingerprint density at radius 1 is 0.957 bits per heavy atom. The molecule has 0 aliphatic carbocycles. The monoisotopic (exact) mass is 628 g/mol. The minimum absolute atomic E-state index is 0.199. The summed E-state index contributed by atoms with van der Waals surface area (Å²) in [5.74, 6) is -2.00. The third-order valence-corrected chi connectivity index (χ3v) is 7.84. The maximum atomic E-state index is 14.7. The number of carboxylic acid groups (broad SMARTS) is 2. The zero-order valence-corrected chi connectivity index (χ0v) is 24.9. The van der Waals surface area contributed by atoms with Crippen LogP contribution in [0.1, 0.15) is 37.0 Å². The first-order chi connectivity index (χ1) is 21.8. The van der Waals surface area contributed by atoms with Crippen molar-refractivity contribution in [2.45, 2.75) is 44.1 Å². The van der Waals surface area contributed by atoms with Crippen LogP contribution in [-0.2, 0) is 36.1 Å². The summed E-state index contributed by atoms with van der Waals surface area (Å²) in [6.45, 7) is 2.02. The number of aliphatic carboxylic acids is 2. The van der Waals surface area contributed by atoms with E-state index >= 15 is 0 Å². The van der Waals surface area contributed by atoms with Crippen molar-refractivity contribution in [3.63, 3.8) is 0 Å². The van der Waals surface area contributed by atoms with Gasteiger partial charge in [-0.15, -0.1) is 0 Å². The van der Waals surface area contributed by atoms with Crippen LogP contribution in [0.3, 0.4) is 0 Å². The number of para-hydroxylation sites is 1. The van der Waals surface area contributed by atoms with Gasteiger partial charge < -0.3 is 26.7 Å². The molecule has 0 bridgehead atoms. The fourth-order valence-corrected chi connectivity index (χ4v) is 5.52. The van der Waals surface area contributed by atoms with Crippen LogP contribution in [-0.4, -0.2) is 73.5 Å². The highest BCUT2D eigenvalue weighted by Crippen LogP contribution is 2.44. The Hall–Kier alpha value is -5.89. The topological polar surface area (TPSA) is 217 Å². The molecule has 0 unspecified atom stereocenters. The van der Waals surface area contributed by atoms with E-state index in [1.807, 2.05) is 0 Å². The Morgan fingerprint density at radius 2 is 1.52 bits per heavy atom. The maximum Gasteiger partial charge on any atom is 0.360 e.